The highest BCUT2D eigenvalue weighted by Gasteiger charge is 2.36. The lowest BCUT2D eigenvalue weighted by molar-refractivity contribution is -0.135. The molecule has 2 atom stereocenters. The zero-order valence-electron chi connectivity index (χ0n) is 5.06. The first kappa shape index (κ1) is 6.93. The summed E-state index contributed by atoms with van der Waals surface area (Å²) < 4.78 is 0. The molecule has 1 fully saturated rings. The van der Waals surface area contributed by atoms with Crippen LogP contribution in [0.2, 0.25) is 0 Å². The smallest absolute Gasteiger partial charge is 0.212 e. The fourth-order valence-electron chi connectivity index (χ4n) is 0.922. The van der Waals surface area contributed by atoms with E-state index in [1.807, 2.05) is 0 Å². The number of hydrogen-bond donors (Lipinski definition) is 0. The van der Waals surface area contributed by atoms with Gasteiger partial charge in [0.1, 0.15) is 0 Å². The van der Waals surface area contributed by atoms with Gasteiger partial charge in [-0.25, -0.2) is 0 Å². The Bertz CT molecular complexity index is 146. The molecule has 0 aromatic heterocycles. The van der Waals surface area contributed by atoms with Gasteiger partial charge in [0, 0.05) is 5.92 Å². The number of Topliss-reactive ketones (excluding diaryl/α,β-unsaturated/α-hetero) is 2. The number of halogens is 1. The van der Waals surface area contributed by atoms with Crippen LogP contribution < -0.4 is 0 Å². The molecule has 2 unspecified atom stereocenters. The summed E-state index contributed by atoms with van der Waals surface area (Å²) in [4.78, 5) is 21.2. The van der Waals surface area contributed by atoms with Crippen LogP contribution in [0.1, 0.15) is 13.3 Å². The van der Waals surface area contributed by atoms with Crippen molar-refractivity contribution in [3.8, 4) is 0 Å². The van der Waals surface area contributed by atoms with Gasteiger partial charge in [-0.05, 0) is 6.42 Å². The van der Waals surface area contributed by atoms with Crippen LogP contribution in [0.5, 0.6) is 0 Å². The van der Waals surface area contributed by atoms with Gasteiger partial charge in [0.2, 0.25) is 11.6 Å². The predicted octanol–water partition coefficient (Wildman–Crippen LogP) is 0.928. The molecule has 1 aliphatic carbocycles. The maximum absolute atomic E-state index is 10.7. The third-order valence-electron chi connectivity index (χ3n) is 1.54. The minimum atomic E-state index is -0.262. The standard InChI is InChI=1S/C6H7BrO2/c1-3-2-4(7)6(9)5(3)8/h3-4H,2H2,1H3. The van der Waals surface area contributed by atoms with E-state index in [4.69, 9.17) is 0 Å². The Kier molecular flexibility index (Phi) is 1.70. The summed E-state index contributed by atoms with van der Waals surface area (Å²) in [5.74, 6) is -0.554. The second-order valence-electron chi connectivity index (χ2n) is 2.33. The summed E-state index contributed by atoms with van der Waals surface area (Å²) >= 11 is 3.11. The highest BCUT2D eigenvalue weighted by molar-refractivity contribution is 9.10. The fourth-order valence-corrected chi connectivity index (χ4v) is 1.71. The van der Waals surface area contributed by atoms with Crippen molar-refractivity contribution >= 4 is 27.5 Å². The molecule has 0 aromatic rings. The van der Waals surface area contributed by atoms with Gasteiger partial charge in [-0.1, -0.05) is 22.9 Å². The third kappa shape index (κ3) is 1.06. The second kappa shape index (κ2) is 2.21. The molecule has 1 rings (SSSR count). The van der Waals surface area contributed by atoms with Gasteiger partial charge in [-0.3, -0.25) is 9.59 Å². The minimum Gasteiger partial charge on any atom is -0.291 e. The average Bonchev–Trinajstić information content (AvgIpc) is 1.98. The zero-order chi connectivity index (χ0) is 7.02. The van der Waals surface area contributed by atoms with Crippen LogP contribution >= 0.6 is 15.9 Å². The molecule has 0 aromatic carbocycles. The monoisotopic (exact) mass is 190 g/mol. The lowest BCUT2D eigenvalue weighted by Crippen LogP contribution is -2.14. The summed E-state index contributed by atoms with van der Waals surface area (Å²) in [6, 6.07) is 0. The zero-order valence-corrected chi connectivity index (χ0v) is 6.64. The Balaban J connectivity index is 2.77. The molecule has 1 saturated carbocycles. The first-order valence-electron chi connectivity index (χ1n) is 2.85. The molecular formula is C6H7BrO2. The summed E-state index contributed by atoms with van der Waals surface area (Å²) in [7, 11) is 0. The molecule has 0 N–H and O–H groups in total. The van der Waals surface area contributed by atoms with Gasteiger partial charge in [0.05, 0.1) is 4.83 Å². The van der Waals surface area contributed by atoms with Gasteiger partial charge >= 0.3 is 0 Å². The predicted molar refractivity (Wildman–Crippen MR) is 36.5 cm³/mol. The van der Waals surface area contributed by atoms with Gasteiger partial charge in [0.15, 0.2) is 0 Å². The largest absolute Gasteiger partial charge is 0.291 e. The summed E-state index contributed by atoms with van der Waals surface area (Å²) in [6.07, 6.45) is 0.664. The highest BCUT2D eigenvalue weighted by Crippen LogP contribution is 2.23. The van der Waals surface area contributed by atoms with E-state index in [0.29, 0.717) is 6.42 Å². The topological polar surface area (TPSA) is 34.1 Å². The molecule has 0 saturated heterocycles. The van der Waals surface area contributed by atoms with Crippen LogP contribution in [0.4, 0.5) is 0 Å². The first-order valence-corrected chi connectivity index (χ1v) is 3.76. The number of carbonyl (C=O) groups is 2. The van der Waals surface area contributed by atoms with Crippen LogP contribution in [-0.2, 0) is 9.59 Å². The van der Waals surface area contributed by atoms with Crippen molar-refractivity contribution in [3.05, 3.63) is 0 Å². The summed E-state index contributed by atoms with van der Waals surface area (Å²) in [5.41, 5.74) is 0. The molecule has 0 radical (unpaired) electrons. The normalized spacial score (nSPS) is 35.8. The molecule has 0 heterocycles. The molecule has 2 nitrogen and oxygen atoms in total. The summed E-state index contributed by atoms with van der Waals surface area (Å²) in [5, 5.41) is 0. The van der Waals surface area contributed by atoms with Gasteiger partial charge in [0.25, 0.3) is 0 Å². The number of ketones is 2. The van der Waals surface area contributed by atoms with E-state index in [9.17, 15) is 9.59 Å². The van der Waals surface area contributed by atoms with E-state index >= 15 is 0 Å². The van der Waals surface area contributed by atoms with Crippen LogP contribution in [-0.4, -0.2) is 16.4 Å². The Labute approximate surface area is 61.7 Å². The van der Waals surface area contributed by atoms with Crippen molar-refractivity contribution in [2.45, 2.75) is 18.2 Å². The van der Waals surface area contributed by atoms with Crippen LogP contribution in [0.25, 0.3) is 0 Å². The van der Waals surface area contributed by atoms with Gasteiger partial charge in [-0.15, -0.1) is 0 Å². The molecule has 3 heteroatoms. The molecule has 0 aliphatic heterocycles. The first-order chi connectivity index (χ1) is 4.13. The quantitative estimate of drug-likeness (QED) is 0.421. The van der Waals surface area contributed by atoms with Crippen molar-refractivity contribution in [2.75, 3.05) is 0 Å². The molecule has 0 bridgehead atoms. The maximum atomic E-state index is 10.7. The van der Waals surface area contributed by atoms with E-state index in [-0.39, 0.29) is 22.3 Å². The van der Waals surface area contributed by atoms with Gasteiger partial charge in [-0.2, -0.15) is 0 Å². The Morgan fingerprint density at radius 3 is 2.11 bits per heavy atom. The highest BCUT2D eigenvalue weighted by atomic mass is 79.9. The van der Waals surface area contributed by atoms with Crippen molar-refractivity contribution in [3.63, 3.8) is 0 Å². The minimum absolute atomic E-state index is 0.0677. The Morgan fingerprint density at radius 2 is 2.00 bits per heavy atom. The second-order valence-corrected chi connectivity index (χ2v) is 3.44. The van der Waals surface area contributed by atoms with Crippen molar-refractivity contribution in [2.24, 2.45) is 5.92 Å². The summed E-state index contributed by atoms with van der Waals surface area (Å²) in [6.45, 7) is 1.78. The third-order valence-corrected chi connectivity index (χ3v) is 2.33. The van der Waals surface area contributed by atoms with E-state index in [1.165, 1.54) is 0 Å². The molecular weight excluding hydrogens is 184 g/mol. The maximum Gasteiger partial charge on any atom is 0.212 e. The Hall–Kier alpha value is -0.180. The van der Waals surface area contributed by atoms with Crippen LogP contribution in [0.3, 0.4) is 0 Å². The van der Waals surface area contributed by atoms with Crippen molar-refractivity contribution in [1.82, 2.24) is 0 Å². The van der Waals surface area contributed by atoms with E-state index in [2.05, 4.69) is 15.9 Å². The Morgan fingerprint density at radius 1 is 1.44 bits per heavy atom. The lowest BCUT2D eigenvalue weighted by atomic mass is 10.1. The SMILES string of the molecule is CC1CC(Br)C(=O)C1=O. The number of rotatable bonds is 0. The van der Waals surface area contributed by atoms with Crippen LogP contribution in [0.15, 0.2) is 0 Å². The average molecular weight is 191 g/mol. The molecule has 9 heavy (non-hydrogen) atoms. The number of carbonyl (C=O) groups excluding carboxylic acids is 2. The van der Waals surface area contributed by atoms with E-state index in [0.717, 1.165) is 0 Å². The number of hydrogen-bond acceptors (Lipinski definition) is 2. The fraction of sp³-hybridized carbons (Fsp3) is 0.667. The van der Waals surface area contributed by atoms with Crippen LogP contribution in [0, 0.1) is 5.92 Å². The molecule has 50 valence electrons. The molecule has 0 spiro atoms. The molecule has 0 amide bonds. The van der Waals surface area contributed by atoms with Gasteiger partial charge < -0.3 is 0 Å². The molecule has 1 aliphatic rings. The number of alkyl halides is 1. The van der Waals surface area contributed by atoms with E-state index < -0.39 is 0 Å². The van der Waals surface area contributed by atoms with E-state index in [1.54, 1.807) is 6.92 Å². The van der Waals surface area contributed by atoms with Crippen molar-refractivity contribution in [1.29, 1.82) is 0 Å². The lowest BCUT2D eigenvalue weighted by Gasteiger charge is -1.91. The van der Waals surface area contributed by atoms with Crippen molar-refractivity contribution < 1.29 is 9.59 Å².